The van der Waals surface area contributed by atoms with E-state index in [0.717, 1.165) is 10.0 Å². The fourth-order valence-electron chi connectivity index (χ4n) is 4.33. The summed E-state index contributed by atoms with van der Waals surface area (Å²) in [6.45, 7) is 4.46. The molecular formula is C29H29BrN6O4. The van der Waals surface area contributed by atoms with Crippen molar-refractivity contribution >= 4 is 33.4 Å². The van der Waals surface area contributed by atoms with Crippen LogP contribution in [0.5, 0.6) is 5.75 Å². The van der Waals surface area contributed by atoms with Crippen molar-refractivity contribution in [3.63, 3.8) is 0 Å². The van der Waals surface area contributed by atoms with E-state index in [1.165, 1.54) is 0 Å². The van der Waals surface area contributed by atoms with Gasteiger partial charge in [0.1, 0.15) is 5.75 Å². The number of rotatable bonds is 13. The predicted octanol–water partition coefficient (Wildman–Crippen LogP) is 5.46. The number of benzene rings is 3. The van der Waals surface area contributed by atoms with E-state index >= 15 is 0 Å². The molecule has 0 aromatic heterocycles. The first-order valence-corrected chi connectivity index (χ1v) is 13.4. The Bertz CT molecular complexity index is 1410. The van der Waals surface area contributed by atoms with Gasteiger partial charge in [-0.15, -0.1) is 6.58 Å². The van der Waals surface area contributed by atoms with Gasteiger partial charge >= 0.3 is 0 Å². The third-order valence-electron chi connectivity index (χ3n) is 6.24. The first kappa shape index (κ1) is 28.8. The van der Waals surface area contributed by atoms with Gasteiger partial charge in [-0.05, 0) is 47.5 Å². The van der Waals surface area contributed by atoms with Crippen molar-refractivity contribution in [1.82, 2.24) is 10.9 Å². The number of hydrogen-bond donors (Lipinski definition) is 3. The summed E-state index contributed by atoms with van der Waals surface area (Å²) in [5.41, 5.74) is 15.7. The zero-order chi connectivity index (χ0) is 28.4. The fraction of sp³-hybridized carbons (Fsp3) is 0.241. The van der Waals surface area contributed by atoms with Gasteiger partial charge in [-0.2, -0.15) is 0 Å². The number of carbonyl (C=O) groups excluding carboxylic acids is 1. The summed E-state index contributed by atoms with van der Waals surface area (Å²) >= 11 is 3.46. The second-order valence-corrected chi connectivity index (χ2v) is 9.88. The number of nitrogens with zero attached hydrogens (tertiary/aromatic N) is 4. The van der Waals surface area contributed by atoms with Crippen LogP contribution in [-0.2, 0) is 16.0 Å². The molecule has 206 valence electrons. The van der Waals surface area contributed by atoms with Gasteiger partial charge in [0.25, 0.3) is 5.91 Å². The summed E-state index contributed by atoms with van der Waals surface area (Å²) in [5.74, 6) is 0.476. The van der Waals surface area contributed by atoms with Crippen LogP contribution in [0.4, 0.5) is 5.69 Å². The first-order valence-electron chi connectivity index (χ1n) is 12.6. The van der Waals surface area contributed by atoms with Gasteiger partial charge in [-0.3, -0.25) is 10.2 Å². The summed E-state index contributed by atoms with van der Waals surface area (Å²) in [4.78, 5) is 21.9. The number of aliphatic imine (C=N–C) groups is 1. The van der Waals surface area contributed by atoms with Gasteiger partial charge in [0, 0.05) is 52.2 Å². The van der Waals surface area contributed by atoms with Crippen molar-refractivity contribution in [2.75, 3.05) is 19.8 Å². The smallest absolute Gasteiger partial charge is 0.266 e. The fourth-order valence-corrected chi connectivity index (χ4v) is 4.60. The number of azide groups is 1. The molecule has 3 N–H and O–H groups in total. The summed E-state index contributed by atoms with van der Waals surface area (Å²) in [6.07, 6.45) is 1.43. The summed E-state index contributed by atoms with van der Waals surface area (Å²) in [7, 11) is 0. The predicted molar refractivity (Wildman–Crippen MR) is 156 cm³/mol. The van der Waals surface area contributed by atoms with Gasteiger partial charge < -0.3 is 14.6 Å². The van der Waals surface area contributed by atoms with E-state index < -0.39 is 17.6 Å². The van der Waals surface area contributed by atoms with Crippen LogP contribution in [0.3, 0.4) is 0 Å². The van der Waals surface area contributed by atoms with Gasteiger partial charge in [0.15, 0.2) is 11.6 Å². The Kier molecular flexibility index (Phi) is 9.93. The van der Waals surface area contributed by atoms with Gasteiger partial charge in [0.2, 0.25) is 5.90 Å². The molecule has 11 heteroatoms. The molecule has 3 aromatic carbocycles. The van der Waals surface area contributed by atoms with Crippen LogP contribution in [0.2, 0.25) is 0 Å². The third kappa shape index (κ3) is 6.70. The third-order valence-corrected chi connectivity index (χ3v) is 6.77. The van der Waals surface area contributed by atoms with E-state index in [9.17, 15) is 10.3 Å². The molecular weight excluding hydrogens is 576 g/mol. The number of hydrazine groups is 1. The molecule has 1 aliphatic rings. The van der Waals surface area contributed by atoms with Crippen molar-refractivity contribution < 1.29 is 19.4 Å². The zero-order valence-electron chi connectivity index (χ0n) is 21.7. The van der Waals surface area contributed by atoms with Gasteiger partial charge in [-0.1, -0.05) is 63.5 Å². The minimum absolute atomic E-state index is 0.0472. The molecule has 3 aromatic rings. The molecule has 1 aliphatic heterocycles. The van der Waals surface area contributed by atoms with Crippen LogP contribution in [0.15, 0.2) is 100 Å². The highest BCUT2D eigenvalue weighted by molar-refractivity contribution is 9.10. The molecule has 2 atom stereocenters. The number of halogens is 1. The monoisotopic (exact) mass is 604 g/mol. The van der Waals surface area contributed by atoms with Crippen LogP contribution in [0, 0.1) is 0 Å². The molecule has 0 bridgehead atoms. The molecule has 40 heavy (non-hydrogen) atoms. The Morgan fingerprint density at radius 1 is 1.20 bits per heavy atom. The molecule has 0 fully saturated rings. The van der Waals surface area contributed by atoms with Crippen molar-refractivity contribution in [2.24, 2.45) is 10.1 Å². The molecule has 0 spiro atoms. The zero-order valence-corrected chi connectivity index (χ0v) is 23.3. The van der Waals surface area contributed by atoms with Crippen LogP contribution in [-0.4, -0.2) is 42.2 Å². The molecule has 0 unspecified atom stereocenters. The molecule has 4 rings (SSSR count). The van der Waals surface area contributed by atoms with Gasteiger partial charge in [-0.25, -0.2) is 10.4 Å². The van der Waals surface area contributed by atoms with Crippen LogP contribution in [0.25, 0.3) is 10.4 Å². The quantitative estimate of drug-likeness (QED) is 0.0593. The molecule has 0 aliphatic carbocycles. The lowest BCUT2D eigenvalue weighted by molar-refractivity contribution is -0.129. The maximum absolute atomic E-state index is 14.0. The maximum atomic E-state index is 14.0. The highest BCUT2D eigenvalue weighted by atomic mass is 79.9. The maximum Gasteiger partial charge on any atom is 0.266 e. The number of carbonyl (C=O) groups is 1. The number of ether oxygens (including phenoxy) is 2. The number of nitrogens with one attached hydrogen (secondary N) is 2. The lowest BCUT2D eigenvalue weighted by Crippen LogP contribution is -2.54. The molecule has 0 radical (unpaired) electrons. The molecule has 10 nitrogen and oxygen atoms in total. The highest BCUT2D eigenvalue weighted by Crippen LogP contribution is 2.45. The largest absolute Gasteiger partial charge is 0.494 e. The SMILES string of the molecule is C=CCNNC(=O)[C@@]1(Cc2ccc(Br)cc2)N=C(c2ccc(OCCCO)cc2)O[C@H]1c1ccccc1N=[N+]=[N-]. The average Bonchev–Trinajstić information content (AvgIpc) is 3.35. The minimum atomic E-state index is -1.46. The number of hydrogen-bond acceptors (Lipinski definition) is 7. The van der Waals surface area contributed by atoms with E-state index in [1.807, 2.05) is 24.3 Å². The Labute approximate surface area is 240 Å². The average molecular weight is 605 g/mol. The van der Waals surface area contributed by atoms with E-state index in [1.54, 1.807) is 54.6 Å². The molecule has 1 amide bonds. The molecule has 0 saturated heterocycles. The molecule has 1 heterocycles. The first-order chi connectivity index (χ1) is 19.5. The standard InChI is InChI=1S/C29H29BrN6O4/c1-2-16-32-35-28(38)29(19-20-8-12-22(30)13-9-20)26(24-6-3-4-7-25(24)34-36-31)40-27(33-29)21-10-14-23(15-11-21)39-18-5-17-37/h2-4,6-15,26,32,37H,1,5,16-19H2,(H,35,38)/t26-,29-/m0/s1. The van der Waals surface area contributed by atoms with Crippen molar-refractivity contribution in [3.8, 4) is 5.75 Å². The lowest BCUT2D eigenvalue weighted by Gasteiger charge is -2.31. The van der Waals surface area contributed by atoms with E-state index in [-0.39, 0.29) is 18.9 Å². The summed E-state index contributed by atoms with van der Waals surface area (Å²) in [5, 5.41) is 12.9. The second-order valence-electron chi connectivity index (χ2n) is 8.96. The minimum Gasteiger partial charge on any atom is -0.494 e. The summed E-state index contributed by atoms with van der Waals surface area (Å²) in [6, 6.07) is 21.8. The second kappa shape index (κ2) is 13.8. The van der Waals surface area contributed by atoms with Crippen molar-refractivity contribution in [1.29, 1.82) is 0 Å². The van der Waals surface area contributed by atoms with Crippen LogP contribution < -0.4 is 15.6 Å². The Balaban J connectivity index is 1.82. The van der Waals surface area contributed by atoms with E-state index in [2.05, 4.69) is 43.4 Å². The van der Waals surface area contributed by atoms with Crippen molar-refractivity contribution in [2.45, 2.75) is 24.5 Å². The van der Waals surface area contributed by atoms with Gasteiger partial charge in [0.05, 0.1) is 6.61 Å². The Hall–Kier alpha value is -4.15. The summed E-state index contributed by atoms with van der Waals surface area (Å²) < 4.78 is 13.0. The number of aliphatic hydroxyl groups excluding tert-OH is 1. The normalized spacial score (nSPS) is 17.8. The van der Waals surface area contributed by atoms with E-state index in [4.69, 9.17) is 19.6 Å². The lowest BCUT2D eigenvalue weighted by atomic mass is 9.81. The van der Waals surface area contributed by atoms with E-state index in [0.29, 0.717) is 42.1 Å². The Morgan fingerprint density at radius 3 is 2.65 bits per heavy atom. The molecule has 0 saturated carbocycles. The number of aliphatic hydroxyl groups is 1. The van der Waals surface area contributed by atoms with Crippen molar-refractivity contribution in [3.05, 3.63) is 117 Å². The Morgan fingerprint density at radius 2 is 1.95 bits per heavy atom. The number of amides is 1. The van der Waals surface area contributed by atoms with Crippen LogP contribution in [0.1, 0.15) is 29.2 Å². The topological polar surface area (TPSA) is 141 Å². The van der Waals surface area contributed by atoms with Crippen LogP contribution >= 0.6 is 15.9 Å². The highest BCUT2D eigenvalue weighted by Gasteiger charge is 2.54.